The van der Waals surface area contributed by atoms with E-state index in [9.17, 15) is 4.79 Å². The van der Waals surface area contributed by atoms with E-state index in [0.717, 1.165) is 30.3 Å². The molecule has 1 saturated heterocycles. The van der Waals surface area contributed by atoms with E-state index in [2.05, 4.69) is 35.0 Å². The number of hydrogen-bond acceptors (Lipinski definition) is 2. The Kier molecular flexibility index (Phi) is 5.22. The van der Waals surface area contributed by atoms with Crippen LogP contribution in [0.1, 0.15) is 38.2 Å². The highest BCUT2D eigenvalue weighted by molar-refractivity contribution is 9.10. The molecule has 1 aliphatic heterocycles. The molecular weight excluding hydrogens is 316 g/mol. The van der Waals surface area contributed by atoms with E-state index in [1.807, 2.05) is 17.0 Å². The molecule has 0 bridgehead atoms. The Morgan fingerprint density at radius 1 is 1.35 bits per heavy atom. The van der Waals surface area contributed by atoms with Gasteiger partial charge in [0.2, 0.25) is 5.91 Å². The van der Waals surface area contributed by atoms with Crippen LogP contribution < -0.4 is 5.73 Å². The van der Waals surface area contributed by atoms with Gasteiger partial charge in [-0.2, -0.15) is 0 Å². The molecule has 1 aliphatic rings. The van der Waals surface area contributed by atoms with Crippen molar-refractivity contribution in [2.45, 2.75) is 44.6 Å². The summed E-state index contributed by atoms with van der Waals surface area (Å²) in [6.07, 6.45) is 4.65. The molecule has 0 spiro atoms. The summed E-state index contributed by atoms with van der Waals surface area (Å²) < 4.78 is 1.07. The van der Waals surface area contributed by atoms with Crippen LogP contribution in [0.4, 0.5) is 0 Å². The summed E-state index contributed by atoms with van der Waals surface area (Å²) in [6.45, 7) is 3.52. The zero-order chi connectivity index (χ0) is 14.6. The van der Waals surface area contributed by atoms with Crippen LogP contribution in [0.15, 0.2) is 28.7 Å². The van der Waals surface area contributed by atoms with Gasteiger partial charge in [0.1, 0.15) is 0 Å². The number of nitrogens with two attached hydrogens (primary N) is 1. The third-order valence-electron chi connectivity index (χ3n) is 4.28. The first-order chi connectivity index (χ1) is 9.55. The van der Waals surface area contributed by atoms with Crippen LogP contribution in [-0.4, -0.2) is 29.4 Å². The average molecular weight is 339 g/mol. The van der Waals surface area contributed by atoms with Crippen LogP contribution in [-0.2, 0) is 11.2 Å². The maximum Gasteiger partial charge on any atom is 0.223 e. The Morgan fingerprint density at radius 3 is 2.70 bits per heavy atom. The first kappa shape index (κ1) is 15.5. The van der Waals surface area contributed by atoms with Gasteiger partial charge in [0.25, 0.3) is 0 Å². The molecule has 2 N–H and O–H groups in total. The van der Waals surface area contributed by atoms with Crippen LogP contribution in [0.25, 0.3) is 0 Å². The number of amides is 1. The second-order valence-corrected chi connectivity index (χ2v) is 6.75. The molecule has 0 radical (unpaired) electrons. The molecule has 1 aromatic rings. The van der Waals surface area contributed by atoms with Gasteiger partial charge >= 0.3 is 0 Å². The molecule has 1 aromatic carbocycles. The molecule has 1 atom stereocenters. The molecule has 0 aliphatic carbocycles. The van der Waals surface area contributed by atoms with Crippen molar-refractivity contribution in [3.63, 3.8) is 0 Å². The number of carbonyl (C=O) groups is 1. The fourth-order valence-corrected chi connectivity index (χ4v) is 3.12. The SMILES string of the molecule is CC1(CN)CCCCN1C(=O)CCc1ccc(Br)cc1. The Balaban J connectivity index is 1.95. The van der Waals surface area contributed by atoms with Gasteiger partial charge in [-0.3, -0.25) is 4.79 Å². The van der Waals surface area contributed by atoms with Crippen molar-refractivity contribution >= 4 is 21.8 Å². The molecule has 1 fully saturated rings. The number of piperidine rings is 1. The minimum Gasteiger partial charge on any atom is -0.336 e. The third kappa shape index (κ3) is 3.61. The van der Waals surface area contributed by atoms with E-state index in [-0.39, 0.29) is 11.4 Å². The number of halogens is 1. The first-order valence-corrected chi connectivity index (χ1v) is 8.09. The summed E-state index contributed by atoms with van der Waals surface area (Å²) in [5.41, 5.74) is 6.95. The molecule has 1 unspecified atom stereocenters. The summed E-state index contributed by atoms with van der Waals surface area (Å²) in [6, 6.07) is 8.17. The van der Waals surface area contributed by atoms with Crippen molar-refractivity contribution in [3.8, 4) is 0 Å². The van der Waals surface area contributed by atoms with E-state index in [4.69, 9.17) is 5.73 Å². The number of likely N-dealkylation sites (tertiary alicyclic amines) is 1. The van der Waals surface area contributed by atoms with E-state index in [1.54, 1.807) is 0 Å². The molecule has 2 rings (SSSR count). The summed E-state index contributed by atoms with van der Waals surface area (Å²) in [5.74, 6) is 0.237. The molecule has 0 aromatic heterocycles. The monoisotopic (exact) mass is 338 g/mol. The molecule has 1 amide bonds. The lowest BCUT2D eigenvalue weighted by Crippen LogP contribution is -2.56. The maximum atomic E-state index is 12.5. The van der Waals surface area contributed by atoms with Gasteiger partial charge in [0.05, 0.1) is 5.54 Å². The highest BCUT2D eigenvalue weighted by atomic mass is 79.9. The van der Waals surface area contributed by atoms with Gasteiger partial charge in [-0.1, -0.05) is 28.1 Å². The van der Waals surface area contributed by atoms with Crippen LogP contribution in [0, 0.1) is 0 Å². The quantitative estimate of drug-likeness (QED) is 0.916. The van der Waals surface area contributed by atoms with Crippen molar-refractivity contribution in [2.75, 3.05) is 13.1 Å². The van der Waals surface area contributed by atoms with Gasteiger partial charge < -0.3 is 10.6 Å². The minimum absolute atomic E-state index is 0.144. The number of benzene rings is 1. The van der Waals surface area contributed by atoms with Crippen LogP contribution in [0.3, 0.4) is 0 Å². The normalized spacial score (nSPS) is 22.9. The Morgan fingerprint density at radius 2 is 2.05 bits per heavy atom. The molecule has 1 heterocycles. The Labute approximate surface area is 129 Å². The predicted octanol–water partition coefficient (Wildman–Crippen LogP) is 3.11. The van der Waals surface area contributed by atoms with Gasteiger partial charge in [-0.25, -0.2) is 0 Å². The minimum atomic E-state index is -0.144. The topological polar surface area (TPSA) is 46.3 Å². The van der Waals surface area contributed by atoms with Crippen molar-refractivity contribution in [3.05, 3.63) is 34.3 Å². The fourth-order valence-electron chi connectivity index (χ4n) is 2.86. The van der Waals surface area contributed by atoms with Crippen LogP contribution in [0.2, 0.25) is 0 Å². The van der Waals surface area contributed by atoms with E-state index < -0.39 is 0 Å². The highest BCUT2D eigenvalue weighted by Crippen LogP contribution is 2.27. The van der Waals surface area contributed by atoms with Crippen molar-refractivity contribution in [2.24, 2.45) is 5.73 Å². The predicted molar refractivity (Wildman–Crippen MR) is 85.5 cm³/mol. The zero-order valence-electron chi connectivity index (χ0n) is 12.1. The number of carbonyl (C=O) groups excluding carboxylic acids is 1. The summed E-state index contributed by atoms with van der Waals surface area (Å²) >= 11 is 3.42. The van der Waals surface area contributed by atoms with Gasteiger partial charge in [-0.15, -0.1) is 0 Å². The lowest BCUT2D eigenvalue weighted by molar-refractivity contribution is -0.138. The molecule has 4 heteroatoms. The zero-order valence-corrected chi connectivity index (χ0v) is 13.7. The van der Waals surface area contributed by atoms with E-state index >= 15 is 0 Å². The molecule has 20 heavy (non-hydrogen) atoms. The largest absolute Gasteiger partial charge is 0.336 e. The van der Waals surface area contributed by atoms with E-state index in [0.29, 0.717) is 13.0 Å². The van der Waals surface area contributed by atoms with Crippen molar-refractivity contribution < 1.29 is 4.79 Å². The van der Waals surface area contributed by atoms with Gasteiger partial charge in [0.15, 0.2) is 0 Å². The van der Waals surface area contributed by atoms with Gasteiger partial charge in [-0.05, 0) is 50.3 Å². The Bertz CT molecular complexity index is 460. The van der Waals surface area contributed by atoms with Gasteiger partial charge in [0, 0.05) is 24.0 Å². The maximum absolute atomic E-state index is 12.5. The van der Waals surface area contributed by atoms with E-state index in [1.165, 1.54) is 12.0 Å². The third-order valence-corrected chi connectivity index (χ3v) is 4.81. The van der Waals surface area contributed by atoms with Crippen LogP contribution >= 0.6 is 15.9 Å². The van der Waals surface area contributed by atoms with Crippen molar-refractivity contribution in [1.29, 1.82) is 0 Å². The second kappa shape index (κ2) is 6.72. The lowest BCUT2D eigenvalue weighted by Gasteiger charge is -2.44. The summed E-state index contributed by atoms with van der Waals surface area (Å²) in [7, 11) is 0. The number of nitrogens with zero attached hydrogens (tertiary/aromatic N) is 1. The first-order valence-electron chi connectivity index (χ1n) is 7.30. The number of hydrogen-bond donors (Lipinski definition) is 1. The lowest BCUT2D eigenvalue weighted by atomic mass is 9.88. The number of rotatable bonds is 4. The fraction of sp³-hybridized carbons (Fsp3) is 0.562. The summed E-state index contributed by atoms with van der Waals surface area (Å²) in [4.78, 5) is 14.5. The molecule has 3 nitrogen and oxygen atoms in total. The molecule has 110 valence electrons. The Hall–Kier alpha value is -0.870. The molecule has 0 saturated carbocycles. The number of aryl methyl sites for hydroxylation is 1. The highest BCUT2D eigenvalue weighted by Gasteiger charge is 2.35. The molecular formula is C16H23BrN2O. The average Bonchev–Trinajstić information content (AvgIpc) is 2.47. The van der Waals surface area contributed by atoms with Crippen LogP contribution in [0.5, 0.6) is 0 Å². The standard InChI is InChI=1S/C16H23BrN2O/c1-16(12-18)10-2-3-11-19(16)15(20)9-6-13-4-7-14(17)8-5-13/h4-5,7-8H,2-3,6,9-12,18H2,1H3. The second-order valence-electron chi connectivity index (χ2n) is 5.83. The smallest absolute Gasteiger partial charge is 0.223 e. The summed E-state index contributed by atoms with van der Waals surface area (Å²) in [5, 5.41) is 0. The van der Waals surface area contributed by atoms with Crippen molar-refractivity contribution in [1.82, 2.24) is 4.90 Å².